The first-order valence-corrected chi connectivity index (χ1v) is 5.62. The van der Waals surface area contributed by atoms with Crippen LogP contribution in [0.4, 0.5) is 4.39 Å². The minimum Gasteiger partial charge on any atom is -0.496 e. The van der Waals surface area contributed by atoms with Crippen LogP contribution < -0.4 is 10.1 Å². The van der Waals surface area contributed by atoms with Gasteiger partial charge in [0.25, 0.3) is 0 Å². The lowest BCUT2D eigenvalue weighted by Gasteiger charge is -2.17. The number of halogens is 1. The van der Waals surface area contributed by atoms with Crippen LogP contribution >= 0.6 is 0 Å². The molecule has 0 aliphatic heterocycles. The summed E-state index contributed by atoms with van der Waals surface area (Å²) in [6, 6.07) is 3.38. The Hall–Kier alpha value is -1.09. The molecule has 1 saturated carbocycles. The summed E-state index contributed by atoms with van der Waals surface area (Å²) in [6.45, 7) is 1.76. The van der Waals surface area contributed by atoms with Gasteiger partial charge in [-0.25, -0.2) is 4.39 Å². The molecule has 0 unspecified atom stereocenters. The number of nitrogens with one attached hydrogen (secondary N) is 1. The molecular formula is C13H18FNO. The topological polar surface area (TPSA) is 21.3 Å². The molecular weight excluding hydrogens is 205 g/mol. The van der Waals surface area contributed by atoms with E-state index in [9.17, 15) is 4.39 Å². The summed E-state index contributed by atoms with van der Waals surface area (Å²) in [5.74, 6) is 0.642. The summed E-state index contributed by atoms with van der Waals surface area (Å²) in [5.41, 5.74) is 1.77. The fourth-order valence-electron chi connectivity index (χ4n) is 2.05. The lowest BCUT2D eigenvalue weighted by atomic mass is 10.0. The maximum Gasteiger partial charge on any atom is 0.126 e. The van der Waals surface area contributed by atoms with Crippen molar-refractivity contribution in [2.75, 3.05) is 14.2 Å². The third kappa shape index (κ3) is 2.05. The Morgan fingerprint density at radius 1 is 1.44 bits per heavy atom. The number of hydrogen-bond donors (Lipinski definition) is 1. The van der Waals surface area contributed by atoms with E-state index in [0.29, 0.717) is 5.56 Å². The van der Waals surface area contributed by atoms with Crippen LogP contribution in [-0.2, 0) is 6.42 Å². The molecule has 1 aliphatic carbocycles. The first-order valence-electron chi connectivity index (χ1n) is 5.62. The first kappa shape index (κ1) is 11.4. The number of aryl methyl sites for hydroxylation is 1. The molecule has 1 aromatic carbocycles. The summed E-state index contributed by atoms with van der Waals surface area (Å²) in [5, 5.41) is 3.31. The van der Waals surface area contributed by atoms with Crippen molar-refractivity contribution in [1.82, 2.24) is 5.32 Å². The Balaban J connectivity index is 2.28. The van der Waals surface area contributed by atoms with Crippen LogP contribution in [0.15, 0.2) is 12.1 Å². The van der Waals surface area contributed by atoms with Gasteiger partial charge in [0.1, 0.15) is 11.6 Å². The van der Waals surface area contributed by atoms with Crippen LogP contribution in [0.25, 0.3) is 0 Å². The fourth-order valence-corrected chi connectivity index (χ4v) is 2.05. The molecule has 2 nitrogen and oxygen atoms in total. The van der Waals surface area contributed by atoms with Crippen molar-refractivity contribution in [3.05, 3.63) is 29.1 Å². The third-order valence-corrected chi connectivity index (χ3v) is 3.47. The zero-order valence-electron chi connectivity index (χ0n) is 10.1. The van der Waals surface area contributed by atoms with Gasteiger partial charge in [0, 0.05) is 5.54 Å². The lowest BCUT2D eigenvalue weighted by molar-refractivity contribution is 0.402. The van der Waals surface area contributed by atoms with Crippen LogP contribution in [-0.4, -0.2) is 19.7 Å². The molecule has 0 heterocycles. The largest absolute Gasteiger partial charge is 0.496 e. The summed E-state index contributed by atoms with van der Waals surface area (Å²) in [6.07, 6.45) is 3.15. The Labute approximate surface area is 95.8 Å². The Morgan fingerprint density at radius 2 is 2.12 bits per heavy atom. The molecule has 0 bridgehead atoms. The van der Waals surface area contributed by atoms with Crippen molar-refractivity contribution >= 4 is 0 Å². The highest BCUT2D eigenvalue weighted by Gasteiger charge is 2.41. The second-order valence-corrected chi connectivity index (χ2v) is 4.62. The highest BCUT2D eigenvalue weighted by molar-refractivity contribution is 5.40. The van der Waals surface area contributed by atoms with E-state index in [-0.39, 0.29) is 11.4 Å². The Kier molecular flexibility index (Phi) is 2.89. The molecule has 0 amide bonds. The second-order valence-electron chi connectivity index (χ2n) is 4.62. The van der Waals surface area contributed by atoms with Crippen molar-refractivity contribution in [2.45, 2.75) is 31.7 Å². The number of hydrogen-bond acceptors (Lipinski definition) is 2. The predicted octanol–water partition coefficient (Wildman–Crippen LogP) is 2.44. The second kappa shape index (κ2) is 4.06. The van der Waals surface area contributed by atoms with Crippen molar-refractivity contribution in [3.63, 3.8) is 0 Å². The van der Waals surface area contributed by atoms with Gasteiger partial charge in [-0.05, 0) is 56.5 Å². The van der Waals surface area contributed by atoms with Crippen LogP contribution in [0, 0.1) is 12.7 Å². The van der Waals surface area contributed by atoms with Gasteiger partial charge in [-0.1, -0.05) is 0 Å². The van der Waals surface area contributed by atoms with E-state index < -0.39 is 0 Å². The van der Waals surface area contributed by atoms with Gasteiger partial charge in [0.05, 0.1) is 7.11 Å². The fraction of sp³-hybridized carbons (Fsp3) is 0.538. The number of rotatable bonds is 4. The monoisotopic (exact) mass is 223 g/mol. The highest BCUT2D eigenvalue weighted by Crippen LogP contribution is 2.40. The Morgan fingerprint density at radius 3 is 2.62 bits per heavy atom. The van der Waals surface area contributed by atoms with Crippen LogP contribution in [0.3, 0.4) is 0 Å². The number of likely N-dealkylation sites (N-methyl/N-ethyl adjacent to an activating group) is 1. The molecule has 0 saturated heterocycles. The Bertz CT molecular complexity index is 399. The van der Waals surface area contributed by atoms with E-state index in [0.717, 1.165) is 30.6 Å². The van der Waals surface area contributed by atoms with Gasteiger partial charge in [-0.15, -0.1) is 0 Å². The third-order valence-electron chi connectivity index (χ3n) is 3.47. The molecule has 0 aromatic heterocycles. The SMILES string of the molecule is CNC1(Cc2cc(F)c(C)cc2OC)CC1. The van der Waals surface area contributed by atoms with Crippen LogP contribution in [0.5, 0.6) is 5.75 Å². The summed E-state index contributed by atoms with van der Waals surface area (Å²) < 4.78 is 18.8. The molecule has 2 rings (SSSR count). The number of methoxy groups -OCH3 is 1. The van der Waals surface area contributed by atoms with E-state index >= 15 is 0 Å². The molecule has 0 spiro atoms. The number of benzene rings is 1. The molecule has 1 aliphatic rings. The molecule has 3 heteroatoms. The van der Waals surface area contributed by atoms with Gasteiger partial charge < -0.3 is 10.1 Å². The standard InChI is InChI=1S/C13H18FNO/c1-9-6-12(16-3)10(7-11(9)14)8-13(15-2)4-5-13/h6-7,15H,4-5,8H2,1-3H3. The van der Waals surface area contributed by atoms with Crippen molar-refractivity contribution < 1.29 is 9.13 Å². The molecule has 88 valence electrons. The van der Waals surface area contributed by atoms with Crippen molar-refractivity contribution in [1.29, 1.82) is 0 Å². The predicted molar refractivity (Wildman–Crippen MR) is 62.4 cm³/mol. The maximum atomic E-state index is 13.5. The van der Waals surface area contributed by atoms with Crippen molar-refractivity contribution in [3.8, 4) is 5.75 Å². The summed E-state index contributed by atoms with van der Waals surface area (Å²) >= 11 is 0. The summed E-state index contributed by atoms with van der Waals surface area (Å²) in [7, 11) is 3.60. The molecule has 16 heavy (non-hydrogen) atoms. The maximum absolute atomic E-state index is 13.5. The summed E-state index contributed by atoms with van der Waals surface area (Å²) in [4.78, 5) is 0. The minimum absolute atomic E-state index is 0.150. The number of ether oxygens (including phenoxy) is 1. The average molecular weight is 223 g/mol. The van der Waals surface area contributed by atoms with Gasteiger partial charge >= 0.3 is 0 Å². The minimum atomic E-state index is -0.150. The lowest BCUT2D eigenvalue weighted by Crippen LogP contribution is -2.29. The highest BCUT2D eigenvalue weighted by atomic mass is 19.1. The molecule has 1 aromatic rings. The van der Waals surface area contributed by atoms with Gasteiger partial charge in [-0.3, -0.25) is 0 Å². The average Bonchev–Trinajstić information content (AvgIpc) is 3.04. The van der Waals surface area contributed by atoms with E-state index in [1.54, 1.807) is 26.2 Å². The zero-order valence-corrected chi connectivity index (χ0v) is 10.1. The smallest absolute Gasteiger partial charge is 0.126 e. The first-order chi connectivity index (χ1) is 7.60. The van der Waals surface area contributed by atoms with E-state index in [1.165, 1.54) is 0 Å². The van der Waals surface area contributed by atoms with E-state index in [1.807, 2.05) is 7.05 Å². The van der Waals surface area contributed by atoms with Gasteiger partial charge in [0.2, 0.25) is 0 Å². The molecule has 1 fully saturated rings. The van der Waals surface area contributed by atoms with Gasteiger partial charge in [0.15, 0.2) is 0 Å². The zero-order chi connectivity index (χ0) is 11.8. The molecule has 1 N–H and O–H groups in total. The van der Waals surface area contributed by atoms with E-state index in [4.69, 9.17) is 4.74 Å². The molecule has 0 atom stereocenters. The van der Waals surface area contributed by atoms with Crippen molar-refractivity contribution in [2.24, 2.45) is 0 Å². The quantitative estimate of drug-likeness (QED) is 0.846. The van der Waals surface area contributed by atoms with Gasteiger partial charge in [-0.2, -0.15) is 0 Å². The normalized spacial score (nSPS) is 17.2. The van der Waals surface area contributed by atoms with Crippen LogP contribution in [0.2, 0.25) is 0 Å². The van der Waals surface area contributed by atoms with E-state index in [2.05, 4.69) is 5.32 Å². The molecule has 0 radical (unpaired) electrons. The van der Waals surface area contributed by atoms with Crippen LogP contribution in [0.1, 0.15) is 24.0 Å².